The molecule has 0 aliphatic carbocycles. The Bertz CT molecular complexity index is 844. The number of carbonyl (C=O) groups is 2. The molecule has 1 atom stereocenters. The number of carbonyl (C=O) groups excluding carboxylic acids is 1. The van der Waals surface area contributed by atoms with Gasteiger partial charge in [-0.3, -0.25) is 0 Å². The third kappa shape index (κ3) is 6.12. The minimum atomic E-state index is -1.35. The molecule has 2 aromatic carbocycles. The summed E-state index contributed by atoms with van der Waals surface area (Å²) in [7, 11) is 2.97. The molecule has 0 heterocycles. The Balaban J connectivity index is 1.98. The van der Waals surface area contributed by atoms with Crippen molar-refractivity contribution in [1.82, 2.24) is 0 Å². The summed E-state index contributed by atoms with van der Waals surface area (Å²) in [6.07, 6.45) is 1.72. The summed E-state index contributed by atoms with van der Waals surface area (Å²) in [4.78, 5) is 23.4. The van der Waals surface area contributed by atoms with Gasteiger partial charge in [-0.15, -0.1) is 0 Å². The monoisotopic (exact) mass is 388 g/mol. The fourth-order valence-electron chi connectivity index (χ4n) is 2.49. The maximum atomic E-state index is 12.9. The van der Waals surface area contributed by atoms with E-state index in [1.165, 1.54) is 32.4 Å². The molecule has 0 saturated carbocycles. The molecule has 2 rings (SSSR count). The van der Waals surface area contributed by atoms with Crippen LogP contribution in [0.3, 0.4) is 0 Å². The quantitative estimate of drug-likeness (QED) is 0.525. The summed E-state index contributed by atoms with van der Waals surface area (Å²) >= 11 is 0. The number of hydrogen-bond acceptors (Lipinski definition) is 5. The van der Waals surface area contributed by atoms with Crippen LogP contribution in [0, 0.1) is 5.82 Å². The number of aliphatic carboxylic acids is 1. The molecular weight excluding hydrogens is 367 g/mol. The lowest BCUT2D eigenvalue weighted by Gasteiger charge is -2.14. The topological polar surface area (TPSA) is 82.1 Å². The molecule has 0 amide bonds. The van der Waals surface area contributed by atoms with Gasteiger partial charge in [0.05, 0.1) is 14.2 Å². The normalized spacial score (nSPS) is 11.8. The standard InChI is InChI=1S/C21H21FO6/c1-26-17-11-8-15(12-18(17)27-2)13-19(21(24)25)28-20(23)5-3-4-14-6-9-16(22)10-7-14/h3,5-12,19H,4,13H2,1-2H3,(H,24,25)/b5-3+. The van der Waals surface area contributed by atoms with Gasteiger partial charge in [0.2, 0.25) is 6.10 Å². The van der Waals surface area contributed by atoms with E-state index in [0.717, 1.165) is 11.6 Å². The number of methoxy groups -OCH3 is 2. The van der Waals surface area contributed by atoms with Crippen molar-refractivity contribution in [3.63, 3.8) is 0 Å². The first-order valence-electron chi connectivity index (χ1n) is 8.48. The van der Waals surface area contributed by atoms with E-state index in [-0.39, 0.29) is 12.2 Å². The summed E-state index contributed by atoms with van der Waals surface area (Å²) in [6.45, 7) is 0. The second kappa shape index (κ2) is 10.1. The molecule has 0 radical (unpaired) electrons. The number of rotatable bonds is 9. The van der Waals surface area contributed by atoms with Crippen molar-refractivity contribution in [2.75, 3.05) is 14.2 Å². The van der Waals surface area contributed by atoms with Crippen LogP contribution in [0.5, 0.6) is 11.5 Å². The lowest BCUT2D eigenvalue weighted by molar-refractivity contribution is -0.160. The molecule has 0 aromatic heterocycles. The van der Waals surface area contributed by atoms with Crippen LogP contribution in [0.25, 0.3) is 0 Å². The third-order valence-electron chi connectivity index (χ3n) is 3.92. The number of esters is 1. The van der Waals surface area contributed by atoms with E-state index in [1.54, 1.807) is 30.3 Å². The van der Waals surface area contributed by atoms with Crippen molar-refractivity contribution in [2.24, 2.45) is 0 Å². The lowest BCUT2D eigenvalue weighted by atomic mass is 10.1. The minimum Gasteiger partial charge on any atom is -0.493 e. The highest BCUT2D eigenvalue weighted by atomic mass is 19.1. The van der Waals surface area contributed by atoms with E-state index in [0.29, 0.717) is 23.5 Å². The fourth-order valence-corrected chi connectivity index (χ4v) is 2.49. The van der Waals surface area contributed by atoms with Gasteiger partial charge in [0.15, 0.2) is 11.5 Å². The lowest BCUT2D eigenvalue weighted by Crippen LogP contribution is -2.28. The number of ether oxygens (including phenoxy) is 3. The van der Waals surface area contributed by atoms with Crippen molar-refractivity contribution in [2.45, 2.75) is 18.9 Å². The molecular formula is C21H21FO6. The van der Waals surface area contributed by atoms with Gasteiger partial charge in [-0.2, -0.15) is 0 Å². The molecule has 0 fully saturated rings. The highest BCUT2D eigenvalue weighted by Gasteiger charge is 2.22. The molecule has 2 aromatic rings. The molecule has 0 aliphatic heterocycles. The van der Waals surface area contributed by atoms with Crippen molar-refractivity contribution >= 4 is 11.9 Å². The third-order valence-corrected chi connectivity index (χ3v) is 3.92. The van der Waals surface area contributed by atoms with Crippen LogP contribution < -0.4 is 9.47 Å². The molecule has 7 heteroatoms. The molecule has 0 saturated heterocycles. The maximum absolute atomic E-state index is 12.9. The van der Waals surface area contributed by atoms with E-state index < -0.39 is 18.0 Å². The number of halogens is 1. The number of hydrogen-bond donors (Lipinski definition) is 1. The van der Waals surface area contributed by atoms with Crippen molar-refractivity contribution in [1.29, 1.82) is 0 Å². The first kappa shape index (κ1) is 21.0. The van der Waals surface area contributed by atoms with Crippen LogP contribution >= 0.6 is 0 Å². The average molecular weight is 388 g/mol. The second-order valence-corrected chi connectivity index (χ2v) is 5.89. The van der Waals surface area contributed by atoms with Crippen LogP contribution in [0.4, 0.5) is 4.39 Å². The molecule has 148 valence electrons. The number of benzene rings is 2. The maximum Gasteiger partial charge on any atom is 0.345 e. The average Bonchev–Trinajstić information content (AvgIpc) is 2.68. The van der Waals surface area contributed by atoms with Gasteiger partial charge in [-0.25, -0.2) is 14.0 Å². The van der Waals surface area contributed by atoms with Crippen LogP contribution in [-0.4, -0.2) is 37.4 Å². The summed E-state index contributed by atoms with van der Waals surface area (Å²) in [5.41, 5.74) is 1.43. The van der Waals surface area contributed by atoms with Gasteiger partial charge in [0.1, 0.15) is 5.82 Å². The SMILES string of the molecule is COc1ccc(CC(OC(=O)/C=C/Cc2ccc(F)cc2)C(=O)O)cc1OC. The van der Waals surface area contributed by atoms with Crippen LogP contribution in [0.1, 0.15) is 11.1 Å². The molecule has 0 aliphatic rings. The van der Waals surface area contributed by atoms with Gasteiger partial charge in [-0.1, -0.05) is 24.3 Å². The highest BCUT2D eigenvalue weighted by Crippen LogP contribution is 2.28. The van der Waals surface area contributed by atoms with Crippen LogP contribution in [0.2, 0.25) is 0 Å². The van der Waals surface area contributed by atoms with Crippen molar-refractivity contribution in [3.05, 3.63) is 71.6 Å². The molecule has 1 unspecified atom stereocenters. The van der Waals surface area contributed by atoms with Gasteiger partial charge in [0.25, 0.3) is 0 Å². The Morgan fingerprint density at radius 3 is 2.29 bits per heavy atom. The minimum absolute atomic E-state index is 0.0206. The summed E-state index contributed by atoms with van der Waals surface area (Å²) < 4.78 is 28.2. The van der Waals surface area contributed by atoms with Crippen molar-refractivity contribution in [3.8, 4) is 11.5 Å². The highest BCUT2D eigenvalue weighted by molar-refractivity contribution is 5.85. The first-order valence-corrected chi connectivity index (χ1v) is 8.48. The zero-order valence-corrected chi connectivity index (χ0v) is 15.6. The van der Waals surface area contributed by atoms with Gasteiger partial charge >= 0.3 is 11.9 Å². The molecule has 28 heavy (non-hydrogen) atoms. The summed E-state index contributed by atoms with van der Waals surface area (Å²) in [5, 5.41) is 9.35. The van der Waals surface area contributed by atoms with E-state index >= 15 is 0 Å². The molecule has 0 spiro atoms. The van der Waals surface area contributed by atoms with Gasteiger partial charge in [-0.05, 0) is 41.8 Å². The fraction of sp³-hybridized carbons (Fsp3) is 0.238. The zero-order chi connectivity index (χ0) is 20.5. The van der Waals surface area contributed by atoms with E-state index in [9.17, 15) is 19.1 Å². The van der Waals surface area contributed by atoms with Crippen LogP contribution in [-0.2, 0) is 27.2 Å². The Kier molecular flexibility index (Phi) is 7.56. The molecule has 6 nitrogen and oxygen atoms in total. The smallest absolute Gasteiger partial charge is 0.345 e. The first-order chi connectivity index (χ1) is 13.4. The predicted molar refractivity (Wildman–Crippen MR) is 100 cm³/mol. The Morgan fingerprint density at radius 2 is 1.68 bits per heavy atom. The zero-order valence-electron chi connectivity index (χ0n) is 15.6. The van der Waals surface area contributed by atoms with Gasteiger partial charge in [0, 0.05) is 12.5 Å². The Hall–Kier alpha value is -3.35. The Morgan fingerprint density at radius 1 is 1.04 bits per heavy atom. The molecule has 0 bridgehead atoms. The van der Waals surface area contributed by atoms with E-state index in [2.05, 4.69) is 0 Å². The van der Waals surface area contributed by atoms with Crippen molar-refractivity contribution < 1.29 is 33.3 Å². The Labute approximate surface area is 162 Å². The van der Waals surface area contributed by atoms with Gasteiger partial charge < -0.3 is 19.3 Å². The second-order valence-electron chi connectivity index (χ2n) is 5.89. The molecule has 1 N–H and O–H groups in total. The number of carboxylic acids is 1. The number of carboxylic acid groups (broad SMARTS) is 1. The van der Waals surface area contributed by atoms with E-state index in [4.69, 9.17) is 14.2 Å². The summed E-state index contributed by atoms with van der Waals surface area (Å²) in [5.74, 6) is -1.40. The van der Waals surface area contributed by atoms with E-state index in [1.807, 2.05) is 0 Å². The van der Waals surface area contributed by atoms with Crippen LogP contribution in [0.15, 0.2) is 54.6 Å². The predicted octanol–water partition coefficient (Wildman–Crippen LogP) is 3.18. The summed E-state index contributed by atoms with van der Waals surface area (Å²) in [6, 6.07) is 10.8. The number of allylic oxidation sites excluding steroid dienone is 1. The largest absolute Gasteiger partial charge is 0.493 e.